The monoisotopic (exact) mass is 255 g/mol. The molecule has 1 N–H and O–H groups in total. The second-order valence-electron chi connectivity index (χ2n) is 6.40. The van der Waals surface area contributed by atoms with Crippen molar-refractivity contribution in [2.75, 3.05) is 0 Å². The van der Waals surface area contributed by atoms with Gasteiger partial charge in [0.1, 0.15) is 0 Å². The molecule has 0 heterocycles. The van der Waals surface area contributed by atoms with Crippen LogP contribution in [0.2, 0.25) is 0 Å². The summed E-state index contributed by atoms with van der Waals surface area (Å²) in [7, 11) is 0. The molecular formula is C18H25N. The molecule has 0 bridgehead atoms. The summed E-state index contributed by atoms with van der Waals surface area (Å²) >= 11 is 0. The fourth-order valence-electron chi connectivity index (χ4n) is 2.48. The van der Waals surface area contributed by atoms with Gasteiger partial charge in [-0.3, -0.25) is 0 Å². The molecule has 1 aliphatic rings. The summed E-state index contributed by atoms with van der Waals surface area (Å²) in [5.74, 6) is 0. The van der Waals surface area contributed by atoms with Crippen LogP contribution in [0.4, 0.5) is 0 Å². The zero-order chi connectivity index (χ0) is 13.9. The minimum Gasteiger partial charge on any atom is -0.383 e. The molecular weight excluding hydrogens is 230 g/mol. The lowest BCUT2D eigenvalue weighted by Gasteiger charge is -2.44. The number of hydrogen-bond donors (Lipinski definition) is 1. The number of allylic oxidation sites excluding steroid dienone is 4. The van der Waals surface area contributed by atoms with E-state index in [-0.39, 0.29) is 11.0 Å². The smallest absolute Gasteiger partial charge is 0.0405 e. The normalized spacial score (nSPS) is 16.1. The van der Waals surface area contributed by atoms with E-state index in [1.54, 1.807) is 0 Å². The van der Waals surface area contributed by atoms with Gasteiger partial charge in [0.25, 0.3) is 0 Å². The van der Waals surface area contributed by atoms with Crippen molar-refractivity contribution in [3.8, 4) is 0 Å². The maximum absolute atomic E-state index is 3.74. The van der Waals surface area contributed by atoms with Crippen molar-refractivity contribution in [2.24, 2.45) is 0 Å². The molecule has 0 spiro atoms. The van der Waals surface area contributed by atoms with Gasteiger partial charge in [-0.2, -0.15) is 0 Å². The largest absolute Gasteiger partial charge is 0.383 e. The molecule has 0 radical (unpaired) electrons. The van der Waals surface area contributed by atoms with Gasteiger partial charge >= 0.3 is 0 Å². The lowest BCUT2D eigenvalue weighted by Crippen LogP contribution is -2.53. The van der Waals surface area contributed by atoms with Gasteiger partial charge in [-0.25, -0.2) is 0 Å². The lowest BCUT2D eigenvalue weighted by molar-refractivity contribution is 0.255. The Labute approximate surface area is 117 Å². The van der Waals surface area contributed by atoms with E-state index in [9.17, 15) is 0 Å². The van der Waals surface area contributed by atoms with Crippen molar-refractivity contribution in [3.05, 3.63) is 59.8 Å². The molecule has 0 atom stereocenters. The molecule has 102 valence electrons. The number of benzene rings is 1. The third kappa shape index (κ3) is 2.91. The summed E-state index contributed by atoms with van der Waals surface area (Å²) in [6.45, 7) is 9.21. The van der Waals surface area contributed by atoms with Crippen LogP contribution < -0.4 is 5.32 Å². The van der Waals surface area contributed by atoms with Gasteiger partial charge in [0.05, 0.1) is 0 Å². The molecule has 0 aliphatic heterocycles. The summed E-state index contributed by atoms with van der Waals surface area (Å²) in [6, 6.07) is 10.8. The maximum atomic E-state index is 3.74. The predicted molar refractivity (Wildman–Crippen MR) is 83.1 cm³/mol. The van der Waals surface area contributed by atoms with Gasteiger partial charge in [-0.15, -0.1) is 0 Å². The summed E-state index contributed by atoms with van der Waals surface area (Å²) in [6.07, 6.45) is 8.83. The molecule has 1 aliphatic carbocycles. The average molecular weight is 255 g/mol. The molecule has 0 fully saturated rings. The second kappa shape index (κ2) is 5.24. The van der Waals surface area contributed by atoms with Crippen molar-refractivity contribution in [3.63, 3.8) is 0 Å². The summed E-state index contributed by atoms with van der Waals surface area (Å²) in [5, 5.41) is 3.74. The van der Waals surface area contributed by atoms with E-state index in [1.165, 1.54) is 11.3 Å². The van der Waals surface area contributed by atoms with E-state index in [0.29, 0.717) is 0 Å². The van der Waals surface area contributed by atoms with Crippen LogP contribution >= 0.6 is 0 Å². The predicted octanol–water partition coefficient (Wildman–Crippen LogP) is 4.57. The zero-order valence-corrected chi connectivity index (χ0v) is 12.5. The molecule has 19 heavy (non-hydrogen) atoms. The minimum absolute atomic E-state index is 0.00532. The van der Waals surface area contributed by atoms with Gasteiger partial charge in [0.2, 0.25) is 0 Å². The van der Waals surface area contributed by atoms with Crippen LogP contribution in [0.15, 0.2) is 54.3 Å². The first-order chi connectivity index (χ1) is 8.93. The van der Waals surface area contributed by atoms with E-state index in [1.807, 2.05) is 0 Å². The van der Waals surface area contributed by atoms with Crippen molar-refractivity contribution in [2.45, 2.75) is 51.5 Å². The molecule has 1 aromatic rings. The summed E-state index contributed by atoms with van der Waals surface area (Å²) in [4.78, 5) is 0. The van der Waals surface area contributed by atoms with Crippen LogP contribution in [0.25, 0.3) is 0 Å². The maximum Gasteiger partial charge on any atom is 0.0405 e. The van der Waals surface area contributed by atoms with Crippen LogP contribution in [0.1, 0.15) is 46.1 Å². The summed E-state index contributed by atoms with van der Waals surface area (Å²) < 4.78 is 0. The number of hydrogen-bond acceptors (Lipinski definition) is 1. The second-order valence-corrected chi connectivity index (χ2v) is 6.40. The first-order valence-corrected chi connectivity index (χ1v) is 7.13. The molecule has 0 unspecified atom stereocenters. The molecule has 1 nitrogen and oxygen atoms in total. The Bertz CT molecular complexity index is 478. The highest BCUT2D eigenvalue weighted by atomic mass is 15.0. The first-order valence-electron chi connectivity index (χ1n) is 7.13. The third-order valence-corrected chi connectivity index (χ3v) is 4.54. The van der Waals surface area contributed by atoms with Crippen molar-refractivity contribution in [1.82, 2.24) is 5.32 Å². The highest BCUT2D eigenvalue weighted by Gasteiger charge is 2.38. The van der Waals surface area contributed by atoms with Gasteiger partial charge < -0.3 is 5.32 Å². The highest BCUT2D eigenvalue weighted by molar-refractivity contribution is 5.30. The topological polar surface area (TPSA) is 12.0 Å². The number of rotatable bonds is 4. The fraction of sp³-hybridized carbons (Fsp3) is 0.444. The van der Waals surface area contributed by atoms with Crippen LogP contribution in [0.5, 0.6) is 0 Å². The highest BCUT2D eigenvalue weighted by Crippen LogP contribution is 2.35. The Morgan fingerprint density at radius 2 is 1.68 bits per heavy atom. The van der Waals surface area contributed by atoms with Crippen LogP contribution in [0.3, 0.4) is 0 Å². The van der Waals surface area contributed by atoms with E-state index in [4.69, 9.17) is 0 Å². The van der Waals surface area contributed by atoms with Crippen LogP contribution in [-0.4, -0.2) is 5.54 Å². The van der Waals surface area contributed by atoms with Crippen LogP contribution in [-0.2, 0) is 5.41 Å². The van der Waals surface area contributed by atoms with Crippen molar-refractivity contribution in [1.29, 1.82) is 0 Å². The molecule has 1 aromatic carbocycles. The fourth-order valence-corrected chi connectivity index (χ4v) is 2.48. The third-order valence-electron chi connectivity index (χ3n) is 4.54. The molecule has 1 heteroatoms. The number of nitrogens with one attached hydrogen (secondary N) is 1. The quantitative estimate of drug-likeness (QED) is 0.831. The Balaban J connectivity index is 2.22. The first kappa shape index (κ1) is 13.9. The van der Waals surface area contributed by atoms with Gasteiger partial charge in [-0.05, 0) is 38.3 Å². The Morgan fingerprint density at radius 3 is 2.26 bits per heavy atom. The summed E-state index contributed by atoms with van der Waals surface area (Å²) in [5.41, 5.74) is 2.79. The standard InChI is InChI=1S/C18H25N/c1-17(2,15-11-7-5-8-12-15)18(3,4)19-16-13-9-6-10-14-16/h5-9,11-13,19H,10,14H2,1-4H3. The average Bonchev–Trinajstić information content (AvgIpc) is 2.40. The van der Waals surface area contributed by atoms with Gasteiger partial charge in [0.15, 0.2) is 0 Å². The Hall–Kier alpha value is -1.50. The van der Waals surface area contributed by atoms with Gasteiger partial charge in [0, 0.05) is 16.7 Å². The Kier molecular flexibility index (Phi) is 3.84. The van der Waals surface area contributed by atoms with Crippen LogP contribution in [0, 0.1) is 0 Å². The van der Waals surface area contributed by atoms with E-state index >= 15 is 0 Å². The van der Waals surface area contributed by atoms with Gasteiger partial charge in [-0.1, -0.05) is 56.3 Å². The van der Waals surface area contributed by atoms with Crippen molar-refractivity contribution >= 4 is 0 Å². The SMILES string of the molecule is CC(C)(NC1=CC=CCC1)C(C)(C)c1ccccc1. The molecule has 2 rings (SSSR count). The Morgan fingerprint density at radius 1 is 1.00 bits per heavy atom. The molecule has 0 aromatic heterocycles. The van der Waals surface area contributed by atoms with Crippen molar-refractivity contribution < 1.29 is 0 Å². The lowest BCUT2D eigenvalue weighted by atomic mass is 9.69. The van der Waals surface area contributed by atoms with E-state index < -0.39 is 0 Å². The molecule has 0 saturated heterocycles. The minimum atomic E-state index is 0.00532. The molecule has 0 amide bonds. The zero-order valence-electron chi connectivity index (χ0n) is 12.5. The van der Waals surface area contributed by atoms with E-state index in [0.717, 1.165) is 12.8 Å². The van der Waals surface area contributed by atoms with E-state index in [2.05, 4.69) is 81.6 Å². The molecule has 0 saturated carbocycles.